The number of rotatable bonds is 9. The summed E-state index contributed by atoms with van der Waals surface area (Å²) in [6.45, 7) is 3.62. The summed E-state index contributed by atoms with van der Waals surface area (Å²) < 4.78 is 16.4. The molecule has 1 N–H and O–H groups in total. The average molecular weight is 464 g/mol. The zero-order valence-corrected chi connectivity index (χ0v) is 18.0. The highest BCUT2D eigenvalue weighted by molar-refractivity contribution is 9.10. The molecule has 29 heavy (non-hydrogen) atoms. The Kier molecular flexibility index (Phi) is 8.21. The number of carbonyl (C=O) groups excluding carboxylic acids is 3. The zero-order valence-electron chi connectivity index (χ0n) is 16.4. The Labute approximate surface area is 177 Å². The van der Waals surface area contributed by atoms with Gasteiger partial charge in [-0.2, -0.15) is 0 Å². The molecule has 0 heterocycles. The number of carbonyl (C=O) groups is 3. The van der Waals surface area contributed by atoms with Crippen LogP contribution in [0, 0.1) is 0 Å². The molecule has 8 heteroatoms. The fraction of sp³-hybridized carbons (Fsp3) is 0.286. The van der Waals surface area contributed by atoms with Crippen LogP contribution in [0.15, 0.2) is 40.9 Å². The molecule has 154 valence electrons. The molecule has 0 aliphatic carbocycles. The van der Waals surface area contributed by atoms with Crippen molar-refractivity contribution in [1.29, 1.82) is 0 Å². The van der Waals surface area contributed by atoms with Crippen LogP contribution in [0.2, 0.25) is 0 Å². The third-order valence-corrected chi connectivity index (χ3v) is 4.49. The summed E-state index contributed by atoms with van der Waals surface area (Å²) in [7, 11) is 1.47. The highest BCUT2D eigenvalue weighted by Gasteiger charge is 2.18. The smallest absolute Gasteiger partial charge is 0.338 e. The van der Waals surface area contributed by atoms with Gasteiger partial charge in [-0.1, -0.05) is 6.92 Å². The Balaban J connectivity index is 2.02. The molecule has 0 saturated carbocycles. The van der Waals surface area contributed by atoms with Gasteiger partial charge in [-0.25, -0.2) is 4.79 Å². The number of esters is 1. The van der Waals surface area contributed by atoms with E-state index in [-0.39, 0.29) is 17.3 Å². The summed E-state index contributed by atoms with van der Waals surface area (Å²) in [5.41, 5.74) is 1.19. The van der Waals surface area contributed by atoms with Gasteiger partial charge < -0.3 is 19.5 Å². The third-order valence-electron chi connectivity index (χ3n) is 3.90. The number of hydrogen-bond acceptors (Lipinski definition) is 6. The number of hydrogen-bond donors (Lipinski definition) is 1. The van der Waals surface area contributed by atoms with Gasteiger partial charge in [-0.3, -0.25) is 9.59 Å². The predicted octanol–water partition coefficient (Wildman–Crippen LogP) is 4.24. The van der Waals surface area contributed by atoms with Crippen molar-refractivity contribution in [1.82, 2.24) is 0 Å². The van der Waals surface area contributed by atoms with E-state index in [1.54, 1.807) is 37.3 Å². The van der Waals surface area contributed by atoms with Gasteiger partial charge in [-0.05, 0) is 59.3 Å². The van der Waals surface area contributed by atoms with E-state index in [9.17, 15) is 14.4 Å². The van der Waals surface area contributed by atoms with E-state index in [4.69, 9.17) is 14.2 Å². The summed E-state index contributed by atoms with van der Waals surface area (Å²) in [5.74, 6) is -0.270. The fourth-order valence-electron chi connectivity index (χ4n) is 2.41. The Morgan fingerprint density at radius 3 is 2.31 bits per heavy atom. The Bertz CT molecular complexity index is 895. The number of halogens is 1. The van der Waals surface area contributed by atoms with Gasteiger partial charge in [0.05, 0.1) is 23.8 Å². The second-order valence-electron chi connectivity index (χ2n) is 5.90. The molecule has 0 aliphatic heterocycles. The highest BCUT2D eigenvalue weighted by Crippen LogP contribution is 2.36. The lowest BCUT2D eigenvalue weighted by Crippen LogP contribution is -2.15. The third kappa shape index (κ3) is 6.05. The van der Waals surface area contributed by atoms with Crippen LogP contribution in [0.5, 0.6) is 11.5 Å². The van der Waals surface area contributed by atoms with E-state index < -0.39 is 12.6 Å². The summed E-state index contributed by atoms with van der Waals surface area (Å²) >= 11 is 3.34. The summed E-state index contributed by atoms with van der Waals surface area (Å²) in [5, 5.41) is 2.70. The molecular weight excluding hydrogens is 442 g/mol. The van der Waals surface area contributed by atoms with Gasteiger partial charge in [0.1, 0.15) is 0 Å². The molecule has 2 rings (SSSR count). The molecule has 7 nitrogen and oxygen atoms in total. The Morgan fingerprint density at radius 2 is 1.72 bits per heavy atom. The van der Waals surface area contributed by atoms with Gasteiger partial charge in [-0.15, -0.1) is 0 Å². The Hall–Kier alpha value is -2.87. The van der Waals surface area contributed by atoms with Crippen molar-refractivity contribution < 1.29 is 28.6 Å². The molecule has 0 bridgehead atoms. The number of benzene rings is 2. The quantitative estimate of drug-likeness (QED) is 0.441. The van der Waals surface area contributed by atoms with E-state index in [0.717, 1.165) is 0 Å². The Morgan fingerprint density at radius 1 is 1.03 bits per heavy atom. The van der Waals surface area contributed by atoms with Crippen LogP contribution < -0.4 is 14.8 Å². The summed E-state index contributed by atoms with van der Waals surface area (Å²) in [6, 6.07) is 9.42. The van der Waals surface area contributed by atoms with Gasteiger partial charge in [0, 0.05) is 17.7 Å². The predicted molar refractivity (Wildman–Crippen MR) is 112 cm³/mol. The van der Waals surface area contributed by atoms with Crippen LogP contribution in [-0.2, 0) is 9.53 Å². The molecule has 0 radical (unpaired) electrons. The first-order valence-corrected chi connectivity index (χ1v) is 9.79. The molecule has 0 saturated heterocycles. The van der Waals surface area contributed by atoms with E-state index in [2.05, 4.69) is 21.2 Å². The molecule has 0 aliphatic rings. The minimum absolute atomic E-state index is 0.116. The van der Waals surface area contributed by atoms with E-state index in [1.165, 1.54) is 13.2 Å². The number of nitrogens with one attached hydrogen (secondary N) is 1. The lowest BCUT2D eigenvalue weighted by atomic mass is 10.1. The molecule has 0 unspecified atom stereocenters. The highest BCUT2D eigenvalue weighted by atomic mass is 79.9. The molecule has 0 fully saturated rings. The van der Waals surface area contributed by atoms with E-state index in [1.807, 2.05) is 6.92 Å². The van der Waals surface area contributed by atoms with Crippen LogP contribution in [0.25, 0.3) is 0 Å². The van der Waals surface area contributed by atoms with Crippen LogP contribution in [-0.4, -0.2) is 38.0 Å². The number of anilines is 1. The molecule has 0 aromatic heterocycles. The van der Waals surface area contributed by atoms with Crippen LogP contribution >= 0.6 is 15.9 Å². The average Bonchev–Trinajstić information content (AvgIpc) is 2.73. The van der Waals surface area contributed by atoms with Crippen molar-refractivity contribution in [3.63, 3.8) is 0 Å². The minimum Gasteiger partial charge on any atom is -0.493 e. The molecule has 2 aromatic carbocycles. The van der Waals surface area contributed by atoms with Gasteiger partial charge in [0.2, 0.25) is 5.91 Å². The van der Waals surface area contributed by atoms with Crippen molar-refractivity contribution >= 4 is 39.3 Å². The van der Waals surface area contributed by atoms with Crippen molar-refractivity contribution in [3.05, 3.63) is 52.0 Å². The van der Waals surface area contributed by atoms with Crippen LogP contribution in [0.1, 0.15) is 41.0 Å². The second kappa shape index (κ2) is 10.6. The van der Waals surface area contributed by atoms with Crippen molar-refractivity contribution in [3.8, 4) is 11.5 Å². The van der Waals surface area contributed by atoms with E-state index >= 15 is 0 Å². The maximum atomic E-state index is 12.3. The maximum Gasteiger partial charge on any atom is 0.338 e. The SMILES string of the molecule is CCOc1c(Br)cc(C(=O)OCC(=O)c2ccc(NC(=O)CC)cc2)cc1OC. The summed E-state index contributed by atoms with van der Waals surface area (Å²) in [6.07, 6.45) is 0.364. The van der Waals surface area contributed by atoms with Crippen molar-refractivity contribution in [2.24, 2.45) is 0 Å². The number of amides is 1. The number of methoxy groups -OCH3 is 1. The first kappa shape index (κ1) is 22.4. The number of Topliss-reactive ketones (excluding diaryl/α,β-unsaturated/α-hetero) is 1. The van der Waals surface area contributed by atoms with E-state index in [0.29, 0.717) is 40.3 Å². The maximum absolute atomic E-state index is 12.3. The lowest BCUT2D eigenvalue weighted by molar-refractivity contribution is -0.115. The van der Waals surface area contributed by atoms with Crippen molar-refractivity contribution in [2.45, 2.75) is 20.3 Å². The number of ether oxygens (including phenoxy) is 3. The first-order valence-electron chi connectivity index (χ1n) is 9.00. The van der Waals surface area contributed by atoms with Gasteiger partial charge in [0.25, 0.3) is 0 Å². The minimum atomic E-state index is -0.660. The number of ketones is 1. The van der Waals surface area contributed by atoms with Crippen molar-refractivity contribution in [2.75, 3.05) is 25.6 Å². The zero-order chi connectivity index (χ0) is 21.4. The van der Waals surface area contributed by atoms with Crippen LogP contribution in [0.3, 0.4) is 0 Å². The largest absolute Gasteiger partial charge is 0.493 e. The fourth-order valence-corrected chi connectivity index (χ4v) is 2.97. The molecule has 2 aromatic rings. The lowest BCUT2D eigenvalue weighted by Gasteiger charge is -2.13. The molecule has 0 atom stereocenters. The van der Waals surface area contributed by atoms with Crippen LogP contribution in [0.4, 0.5) is 5.69 Å². The molecular formula is C21H22BrNO6. The molecule has 1 amide bonds. The van der Waals surface area contributed by atoms with Gasteiger partial charge >= 0.3 is 5.97 Å². The standard InChI is InChI=1S/C21H22BrNO6/c1-4-19(25)23-15-8-6-13(7-9-15)17(24)12-29-21(26)14-10-16(22)20(28-5-2)18(11-14)27-3/h6-11H,4-5,12H2,1-3H3,(H,23,25). The topological polar surface area (TPSA) is 90.9 Å². The monoisotopic (exact) mass is 463 g/mol. The normalized spacial score (nSPS) is 10.2. The first-order chi connectivity index (χ1) is 13.9. The second-order valence-corrected chi connectivity index (χ2v) is 6.76. The van der Waals surface area contributed by atoms with Gasteiger partial charge in [0.15, 0.2) is 23.9 Å². The summed E-state index contributed by atoms with van der Waals surface area (Å²) in [4.78, 5) is 36.0. The molecule has 0 spiro atoms.